The first-order chi connectivity index (χ1) is 15.7. The monoisotopic (exact) mass is 466 g/mol. The average molecular weight is 467 g/mol. The number of likely N-dealkylation sites (tertiary alicyclic amines) is 1. The van der Waals surface area contributed by atoms with Gasteiger partial charge in [-0.05, 0) is 38.4 Å². The molecule has 3 aromatic heterocycles. The number of hydrogen-bond donors (Lipinski definition) is 0. The molecule has 0 spiro atoms. The third-order valence-corrected chi connectivity index (χ3v) is 7.71. The molecule has 1 aliphatic heterocycles. The third kappa shape index (κ3) is 4.65. The van der Waals surface area contributed by atoms with Crippen molar-refractivity contribution in [1.29, 1.82) is 0 Å². The molecule has 5 rings (SSSR count). The Balaban J connectivity index is 1.39. The van der Waals surface area contributed by atoms with Crippen LogP contribution in [0.1, 0.15) is 42.0 Å². The molecule has 7 nitrogen and oxygen atoms in total. The molecule has 1 aromatic carbocycles. The topological polar surface area (TPSA) is 68.3 Å². The first kappa shape index (κ1) is 21.4. The maximum atomic E-state index is 12.5. The van der Waals surface area contributed by atoms with Crippen LogP contribution in [0.15, 0.2) is 51.7 Å². The molecule has 1 fully saturated rings. The predicted octanol–water partition coefficient (Wildman–Crippen LogP) is 3.98. The molecule has 4 heterocycles. The molecule has 1 saturated heterocycles. The smallest absolute Gasteiger partial charge is 0.258 e. The molecule has 32 heavy (non-hydrogen) atoms. The molecule has 1 aliphatic rings. The number of aromatic nitrogens is 5. The summed E-state index contributed by atoms with van der Waals surface area (Å²) in [5, 5.41) is 11.9. The molecular formula is C23H26N6OS2. The first-order valence-electron chi connectivity index (χ1n) is 11.0. The summed E-state index contributed by atoms with van der Waals surface area (Å²) in [5.41, 5.74) is 2.89. The highest BCUT2D eigenvalue weighted by Crippen LogP contribution is 2.24. The van der Waals surface area contributed by atoms with Crippen molar-refractivity contribution in [2.24, 2.45) is 0 Å². The zero-order chi connectivity index (χ0) is 21.9. The number of fused-ring (bicyclic) bond motifs is 1. The zero-order valence-electron chi connectivity index (χ0n) is 18.1. The lowest BCUT2D eigenvalue weighted by molar-refractivity contribution is 0.213. The van der Waals surface area contributed by atoms with E-state index >= 15 is 0 Å². The first-order valence-corrected chi connectivity index (χ1v) is 12.8. The summed E-state index contributed by atoms with van der Waals surface area (Å²) in [6, 6.07) is 12.1. The van der Waals surface area contributed by atoms with Crippen molar-refractivity contribution < 1.29 is 0 Å². The fourth-order valence-corrected chi connectivity index (χ4v) is 5.84. The lowest BCUT2D eigenvalue weighted by Gasteiger charge is -2.26. The Hall–Kier alpha value is -2.49. The van der Waals surface area contributed by atoms with E-state index in [0.717, 1.165) is 53.5 Å². The Morgan fingerprint density at radius 1 is 1.06 bits per heavy atom. The van der Waals surface area contributed by atoms with Crippen LogP contribution in [-0.4, -0.2) is 42.1 Å². The summed E-state index contributed by atoms with van der Waals surface area (Å²) < 4.78 is 3.88. The van der Waals surface area contributed by atoms with Crippen molar-refractivity contribution in [2.75, 3.05) is 13.1 Å². The largest absolute Gasteiger partial charge is 0.300 e. The second kappa shape index (κ2) is 9.56. The Morgan fingerprint density at radius 3 is 2.69 bits per heavy atom. The molecule has 0 bridgehead atoms. The van der Waals surface area contributed by atoms with E-state index in [0.29, 0.717) is 5.75 Å². The van der Waals surface area contributed by atoms with Crippen molar-refractivity contribution in [2.45, 2.75) is 50.2 Å². The molecule has 166 valence electrons. The molecule has 0 atom stereocenters. The summed E-state index contributed by atoms with van der Waals surface area (Å²) in [4.78, 5) is 20.4. The summed E-state index contributed by atoms with van der Waals surface area (Å²) in [6.45, 7) is 5.72. The number of aryl methyl sites for hydroxylation is 1. The Morgan fingerprint density at radius 2 is 1.88 bits per heavy atom. The van der Waals surface area contributed by atoms with Crippen LogP contribution in [0.25, 0.3) is 4.96 Å². The van der Waals surface area contributed by atoms with Crippen LogP contribution in [-0.2, 0) is 18.8 Å². The van der Waals surface area contributed by atoms with Gasteiger partial charge in [-0.2, -0.15) is 0 Å². The van der Waals surface area contributed by atoms with Crippen LogP contribution < -0.4 is 5.56 Å². The van der Waals surface area contributed by atoms with Crippen LogP contribution in [0.3, 0.4) is 0 Å². The minimum absolute atomic E-state index is 0.0270. The Kier molecular flexibility index (Phi) is 6.38. The predicted molar refractivity (Wildman–Crippen MR) is 128 cm³/mol. The third-order valence-electron chi connectivity index (χ3n) is 5.77. The highest BCUT2D eigenvalue weighted by atomic mass is 32.2. The van der Waals surface area contributed by atoms with E-state index in [2.05, 4.69) is 48.9 Å². The molecule has 0 N–H and O–H groups in total. The quantitative estimate of drug-likeness (QED) is 0.384. The van der Waals surface area contributed by atoms with Gasteiger partial charge >= 0.3 is 0 Å². The van der Waals surface area contributed by atoms with Crippen molar-refractivity contribution in [3.05, 3.63) is 74.9 Å². The average Bonchev–Trinajstić information content (AvgIpc) is 3.37. The van der Waals surface area contributed by atoms with E-state index < -0.39 is 0 Å². The van der Waals surface area contributed by atoms with Gasteiger partial charge in [-0.3, -0.25) is 14.1 Å². The van der Waals surface area contributed by atoms with Crippen molar-refractivity contribution in [1.82, 2.24) is 29.0 Å². The SMILES string of the molecule is Cc1csc2nc(CSc3nnc(CN4CCCCC4)n3Cc3ccccc3)cc(=O)n12. The number of nitrogens with zero attached hydrogens (tertiary/aromatic N) is 6. The van der Waals surface area contributed by atoms with Gasteiger partial charge in [0.05, 0.1) is 18.8 Å². The van der Waals surface area contributed by atoms with Crippen molar-refractivity contribution in [3.63, 3.8) is 0 Å². The second-order valence-corrected chi connectivity index (χ2v) is 9.96. The number of thiazole rings is 1. The number of thioether (sulfide) groups is 1. The van der Waals surface area contributed by atoms with Gasteiger partial charge in [0.1, 0.15) is 5.82 Å². The lowest BCUT2D eigenvalue weighted by Crippen LogP contribution is -2.30. The van der Waals surface area contributed by atoms with E-state index in [1.807, 2.05) is 18.4 Å². The van der Waals surface area contributed by atoms with Gasteiger partial charge in [-0.15, -0.1) is 21.5 Å². The molecule has 0 unspecified atom stereocenters. The van der Waals surface area contributed by atoms with Gasteiger partial charge in [0.15, 0.2) is 10.1 Å². The number of rotatable bonds is 7. The fourth-order valence-electron chi connectivity index (χ4n) is 4.10. The van der Waals surface area contributed by atoms with Gasteiger partial charge in [-0.25, -0.2) is 4.98 Å². The van der Waals surface area contributed by atoms with Crippen molar-refractivity contribution >= 4 is 28.1 Å². The Bertz CT molecular complexity index is 1260. The number of piperidine rings is 1. The maximum absolute atomic E-state index is 12.5. The highest BCUT2D eigenvalue weighted by molar-refractivity contribution is 7.98. The van der Waals surface area contributed by atoms with Gasteiger partial charge in [-0.1, -0.05) is 48.5 Å². The second-order valence-electron chi connectivity index (χ2n) is 8.18. The standard InChI is InChI=1S/C23H26N6OS2/c1-17-15-31-22-24-19(12-21(30)29(17)22)16-32-23-26-25-20(14-27-10-6-3-7-11-27)28(23)13-18-8-4-2-5-9-18/h2,4-5,8-9,12,15H,3,6-7,10-11,13-14,16H2,1H3. The van der Waals surface area contributed by atoms with Crippen LogP contribution >= 0.6 is 23.1 Å². The van der Waals surface area contributed by atoms with E-state index in [9.17, 15) is 4.79 Å². The van der Waals surface area contributed by atoms with Crippen LogP contribution in [0.2, 0.25) is 0 Å². The molecule has 9 heteroatoms. The van der Waals surface area contributed by atoms with Gasteiger partial charge in [0.25, 0.3) is 5.56 Å². The normalized spacial score (nSPS) is 14.9. The molecule has 0 amide bonds. The molecular weight excluding hydrogens is 440 g/mol. The maximum Gasteiger partial charge on any atom is 0.258 e. The highest BCUT2D eigenvalue weighted by Gasteiger charge is 2.18. The molecule has 0 saturated carbocycles. The summed E-state index contributed by atoms with van der Waals surface area (Å²) in [7, 11) is 0. The summed E-state index contributed by atoms with van der Waals surface area (Å²) in [5.74, 6) is 1.58. The summed E-state index contributed by atoms with van der Waals surface area (Å²) in [6.07, 6.45) is 3.82. The lowest BCUT2D eigenvalue weighted by atomic mass is 10.1. The number of hydrogen-bond acceptors (Lipinski definition) is 7. The van der Waals surface area contributed by atoms with Gasteiger partial charge < -0.3 is 4.57 Å². The van der Waals surface area contributed by atoms with E-state index in [-0.39, 0.29) is 5.56 Å². The summed E-state index contributed by atoms with van der Waals surface area (Å²) >= 11 is 3.09. The van der Waals surface area contributed by atoms with Crippen molar-refractivity contribution in [3.8, 4) is 0 Å². The number of benzene rings is 1. The zero-order valence-corrected chi connectivity index (χ0v) is 19.7. The van der Waals surface area contributed by atoms with Crippen LogP contribution in [0.4, 0.5) is 0 Å². The minimum atomic E-state index is -0.0270. The fraction of sp³-hybridized carbons (Fsp3) is 0.391. The van der Waals surface area contributed by atoms with Gasteiger partial charge in [0, 0.05) is 22.9 Å². The van der Waals surface area contributed by atoms with E-state index in [4.69, 9.17) is 0 Å². The van der Waals surface area contributed by atoms with Gasteiger partial charge in [0.2, 0.25) is 0 Å². The van der Waals surface area contributed by atoms with E-state index in [1.165, 1.54) is 36.2 Å². The molecule has 0 radical (unpaired) electrons. The van der Waals surface area contributed by atoms with E-state index in [1.54, 1.807) is 22.2 Å². The molecule has 0 aliphatic carbocycles. The molecule has 4 aromatic rings. The Labute approximate surface area is 195 Å². The van der Waals surface area contributed by atoms with Crippen LogP contribution in [0.5, 0.6) is 0 Å². The minimum Gasteiger partial charge on any atom is -0.300 e. The van der Waals surface area contributed by atoms with Crippen LogP contribution in [0, 0.1) is 6.92 Å².